The molecule has 0 spiro atoms. The molecular formula is C27H36N2O6S2. The van der Waals surface area contributed by atoms with Crippen LogP contribution < -0.4 is 11.1 Å². The topological polar surface area (TPSA) is 147 Å². The maximum atomic E-state index is 10.5. The summed E-state index contributed by atoms with van der Waals surface area (Å²) in [7, 11) is -8.04. The van der Waals surface area contributed by atoms with Gasteiger partial charge in [0.05, 0.1) is 9.79 Å². The predicted octanol–water partition coefficient (Wildman–Crippen LogP) is 4.70. The van der Waals surface area contributed by atoms with Crippen LogP contribution in [0.3, 0.4) is 0 Å². The highest BCUT2D eigenvalue weighted by atomic mass is 32.2. The Kier molecular flexibility index (Phi) is 11.4. The summed E-state index contributed by atoms with van der Waals surface area (Å²) in [6.07, 6.45) is 3.53. The molecule has 1 saturated heterocycles. The van der Waals surface area contributed by atoms with Gasteiger partial charge in [-0.2, -0.15) is 16.8 Å². The zero-order chi connectivity index (χ0) is 27.6. The maximum absolute atomic E-state index is 10.5. The van der Waals surface area contributed by atoms with E-state index in [1.807, 2.05) is 13.8 Å². The molecule has 4 rings (SSSR count). The minimum absolute atomic E-state index is 0.0666. The average Bonchev–Trinajstić information content (AvgIpc) is 2.85. The number of piperidine rings is 1. The number of hydrogen-bond donors (Lipinski definition) is 4. The van der Waals surface area contributed by atoms with Crippen LogP contribution in [0.25, 0.3) is 0 Å². The molecule has 1 heterocycles. The van der Waals surface area contributed by atoms with Crippen molar-refractivity contribution in [2.45, 2.75) is 68.0 Å². The summed E-state index contributed by atoms with van der Waals surface area (Å²) in [4.78, 5) is -0.133. The van der Waals surface area contributed by atoms with Crippen LogP contribution in [0.5, 0.6) is 0 Å². The molecule has 3 aromatic carbocycles. The standard InChI is InChI=1S/C13H20N2.2C7H8O3S/c1-2-11-8-9-12(14)13(15-11)10-6-4-3-5-7-10;2*1-6-2-4-7(5-3-6)11(8,9)10/h3-7,11-13,15H,2,8-9,14H2,1H3;2*2-5H,1H3,(H,8,9,10)/t11-,12-,13+;;/m1../s1. The van der Waals surface area contributed by atoms with Crippen LogP contribution in [0.4, 0.5) is 0 Å². The molecule has 3 atom stereocenters. The molecule has 1 fully saturated rings. The summed E-state index contributed by atoms with van der Waals surface area (Å²) < 4.78 is 59.1. The average molecular weight is 549 g/mol. The fourth-order valence-electron chi connectivity index (χ4n) is 3.77. The van der Waals surface area contributed by atoms with Gasteiger partial charge >= 0.3 is 0 Å². The first-order valence-corrected chi connectivity index (χ1v) is 14.8. The van der Waals surface area contributed by atoms with Gasteiger partial charge in [-0.15, -0.1) is 0 Å². The molecule has 0 radical (unpaired) electrons. The van der Waals surface area contributed by atoms with Crippen molar-refractivity contribution in [3.05, 3.63) is 95.6 Å². The van der Waals surface area contributed by atoms with Crippen molar-refractivity contribution in [3.63, 3.8) is 0 Å². The number of nitrogens with two attached hydrogens (primary N) is 1. The molecule has 0 saturated carbocycles. The van der Waals surface area contributed by atoms with Gasteiger partial charge in [-0.25, -0.2) is 0 Å². The third-order valence-corrected chi connectivity index (χ3v) is 7.72. The molecule has 37 heavy (non-hydrogen) atoms. The van der Waals surface area contributed by atoms with Crippen molar-refractivity contribution in [1.29, 1.82) is 0 Å². The molecule has 0 bridgehead atoms. The van der Waals surface area contributed by atoms with Gasteiger partial charge in [0.15, 0.2) is 0 Å². The predicted molar refractivity (Wildman–Crippen MR) is 146 cm³/mol. The smallest absolute Gasteiger partial charge is 0.294 e. The highest BCUT2D eigenvalue weighted by Gasteiger charge is 2.27. The third-order valence-electron chi connectivity index (χ3n) is 5.98. The fourth-order valence-corrected chi connectivity index (χ4v) is 4.73. The summed E-state index contributed by atoms with van der Waals surface area (Å²) in [5.74, 6) is 0. The van der Waals surface area contributed by atoms with E-state index in [1.165, 1.54) is 42.7 Å². The second-order valence-electron chi connectivity index (χ2n) is 8.98. The van der Waals surface area contributed by atoms with E-state index in [2.05, 4.69) is 42.6 Å². The van der Waals surface area contributed by atoms with Gasteiger partial charge in [-0.1, -0.05) is 72.6 Å². The van der Waals surface area contributed by atoms with E-state index in [1.54, 1.807) is 24.3 Å². The van der Waals surface area contributed by atoms with Gasteiger partial charge < -0.3 is 11.1 Å². The summed E-state index contributed by atoms with van der Waals surface area (Å²) >= 11 is 0. The van der Waals surface area contributed by atoms with Crippen LogP contribution >= 0.6 is 0 Å². The summed E-state index contributed by atoms with van der Waals surface area (Å²) in [6, 6.07) is 23.7. The molecule has 8 nitrogen and oxygen atoms in total. The lowest BCUT2D eigenvalue weighted by Gasteiger charge is -2.35. The summed E-state index contributed by atoms with van der Waals surface area (Å²) in [5, 5.41) is 3.64. The van der Waals surface area contributed by atoms with Crippen LogP contribution in [0.2, 0.25) is 0 Å². The van der Waals surface area contributed by atoms with Crippen LogP contribution in [-0.4, -0.2) is 38.0 Å². The minimum Gasteiger partial charge on any atom is -0.326 e. The van der Waals surface area contributed by atoms with E-state index in [-0.39, 0.29) is 15.8 Å². The molecule has 10 heteroatoms. The van der Waals surface area contributed by atoms with Gasteiger partial charge in [0.25, 0.3) is 20.2 Å². The van der Waals surface area contributed by atoms with Crippen molar-refractivity contribution in [1.82, 2.24) is 5.32 Å². The van der Waals surface area contributed by atoms with Gasteiger partial charge in [0, 0.05) is 18.1 Å². The Morgan fingerprint density at radius 2 is 1.19 bits per heavy atom. The van der Waals surface area contributed by atoms with Crippen molar-refractivity contribution >= 4 is 20.2 Å². The first-order valence-electron chi connectivity index (χ1n) is 12.0. The normalized spacial score (nSPS) is 19.6. The number of nitrogens with one attached hydrogen (secondary N) is 1. The third kappa shape index (κ3) is 10.4. The Morgan fingerprint density at radius 1 is 0.757 bits per heavy atom. The van der Waals surface area contributed by atoms with E-state index in [9.17, 15) is 16.8 Å². The van der Waals surface area contributed by atoms with Crippen molar-refractivity contribution in [2.75, 3.05) is 0 Å². The lowest BCUT2D eigenvalue weighted by molar-refractivity contribution is 0.283. The monoisotopic (exact) mass is 548 g/mol. The maximum Gasteiger partial charge on any atom is 0.294 e. The molecule has 1 aliphatic heterocycles. The SMILES string of the molecule is CC[C@@H]1CC[C@@H](N)[C@H](c2ccccc2)N1.Cc1ccc(S(=O)(=O)O)cc1.Cc1ccc(S(=O)(=O)O)cc1. The van der Waals surface area contributed by atoms with E-state index in [0.29, 0.717) is 12.1 Å². The van der Waals surface area contributed by atoms with Crippen LogP contribution in [0.1, 0.15) is 48.9 Å². The summed E-state index contributed by atoms with van der Waals surface area (Å²) in [6.45, 7) is 5.91. The molecule has 3 aromatic rings. The highest BCUT2D eigenvalue weighted by molar-refractivity contribution is 7.86. The first-order chi connectivity index (χ1) is 17.3. The second-order valence-corrected chi connectivity index (χ2v) is 11.8. The number of hydrogen-bond acceptors (Lipinski definition) is 6. The number of benzene rings is 3. The molecule has 202 valence electrons. The zero-order valence-corrected chi connectivity index (χ0v) is 22.9. The lowest BCUT2D eigenvalue weighted by atomic mass is 9.89. The van der Waals surface area contributed by atoms with Crippen molar-refractivity contribution in [2.24, 2.45) is 5.73 Å². The van der Waals surface area contributed by atoms with Gasteiger partial charge in [-0.05, 0) is 62.9 Å². The van der Waals surface area contributed by atoms with Crippen molar-refractivity contribution in [3.8, 4) is 0 Å². The Bertz CT molecular complexity index is 1240. The molecule has 0 aromatic heterocycles. The Hall–Kier alpha value is -2.60. The fraction of sp³-hybridized carbons (Fsp3) is 0.333. The van der Waals surface area contributed by atoms with E-state index in [0.717, 1.165) is 17.5 Å². The molecular weight excluding hydrogens is 512 g/mol. The van der Waals surface area contributed by atoms with Gasteiger partial charge in [0.1, 0.15) is 0 Å². The van der Waals surface area contributed by atoms with E-state index >= 15 is 0 Å². The van der Waals surface area contributed by atoms with E-state index < -0.39 is 20.2 Å². The Balaban J connectivity index is 0.000000199. The largest absolute Gasteiger partial charge is 0.326 e. The van der Waals surface area contributed by atoms with Crippen LogP contribution in [-0.2, 0) is 20.2 Å². The molecule has 1 aliphatic rings. The van der Waals surface area contributed by atoms with Crippen LogP contribution in [0.15, 0.2) is 88.7 Å². The Morgan fingerprint density at radius 3 is 1.57 bits per heavy atom. The number of rotatable bonds is 4. The molecule has 0 unspecified atom stereocenters. The summed E-state index contributed by atoms with van der Waals surface area (Å²) in [5.41, 5.74) is 9.40. The Labute approximate surface area is 220 Å². The second kappa shape index (κ2) is 13.8. The van der Waals surface area contributed by atoms with Gasteiger partial charge in [0.2, 0.25) is 0 Å². The van der Waals surface area contributed by atoms with Crippen molar-refractivity contribution < 1.29 is 25.9 Å². The van der Waals surface area contributed by atoms with Crippen LogP contribution in [0, 0.1) is 13.8 Å². The highest BCUT2D eigenvalue weighted by Crippen LogP contribution is 2.25. The molecule has 0 aliphatic carbocycles. The van der Waals surface area contributed by atoms with E-state index in [4.69, 9.17) is 14.8 Å². The zero-order valence-electron chi connectivity index (χ0n) is 21.3. The molecule has 0 amide bonds. The van der Waals surface area contributed by atoms with Gasteiger partial charge in [-0.3, -0.25) is 9.11 Å². The number of aryl methyl sites for hydroxylation is 2. The lowest BCUT2D eigenvalue weighted by Crippen LogP contribution is -2.47. The molecule has 5 N–H and O–H groups in total. The first kappa shape index (κ1) is 30.6. The quantitative estimate of drug-likeness (QED) is 0.343. The minimum atomic E-state index is -4.02.